The van der Waals surface area contributed by atoms with Gasteiger partial charge < -0.3 is 24.5 Å². The number of ether oxygens (including phenoxy) is 1. The minimum absolute atomic E-state index is 0.0378. The maximum atomic E-state index is 11.6. The van der Waals surface area contributed by atoms with Crippen LogP contribution in [0.5, 0.6) is 0 Å². The Morgan fingerprint density at radius 2 is 1.47 bits per heavy atom. The van der Waals surface area contributed by atoms with Gasteiger partial charge in [0.15, 0.2) is 5.60 Å². The molecular weight excluding hydrogens is 258 g/mol. The maximum Gasteiger partial charge on any atom is 0.339 e. The Labute approximate surface area is 110 Å². The van der Waals surface area contributed by atoms with E-state index < -0.39 is 36.4 Å². The number of carbonyl (C=O) groups excluding carboxylic acids is 1. The van der Waals surface area contributed by atoms with E-state index in [0.29, 0.717) is 11.0 Å². The van der Waals surface area contributed by atoms with Gasteiger partial charge in [-0.3, -0.25) is 9.59 Å². The van der Waals surface area contributed by atoms with Crippen molar-refractivity contribution in [3.05, 3.63) is 0 Å². The summed E-state index contributed by atoms with van der Waals surface area (Å²) in [4.78, 5) is 32.8. The lowest BCUT2D eigenvalue weighted by Crippen LogP contribution is -2.45. The molecule has 0 fully saturated rings. The van der Waals surface area contributed by atoms with E-state index >= 15 is 0 Å². The molecule has 0 spiro atoms. The fourth-order valence-electron chi connectivity index (χ4n) is 1.25. The molecule has 0 bridgehead atoms. The van der Waals surface area contributed by atoms with Gasteiger partial charge in [-0.1, -0.05) is 0 Å². The number of nitrogens with zero attached hydrogens (tertiary/aromatic N) is 1. The lowest BCUT2D eigenvalue weighted by Gasteiger charge is -2.26. The van der Waals surface area contributed by atoms with Gasteiger partial charge in [0.05, 0.1) is 34.0 Å². The second kappa shape index (κ2) is 6.48. The van der Waals surface area contributed by atoms with Crippen molar-refractivity contribution in [2.75, 3.05) is 34.3 Å². The van der Waals surface area contributed by atoms with Gasteiger partial charge in [-0.2, -0.15) is 0 Å². The average molecular weight is 278 g/mol. The molecule has 0 rings (SSSR count). The van der Waals surface area contributed by atoms with Gasteiger partial charge >= 0.3 is 17.9 Å². The second-order valence-electron chi connectivity index (χ2n) is 5.32. The molecule has 110 valence electrons. The van der Waals surface area contributed by atoms with Crippen LogP contribution in [0.1, 0.15) is 12.8 Å². The summed E-state index contributed by atoms with van der Waals surface area (Å²) in [5.41, 5.74) is -2.54. The number of carboxylic acids is 2. The summed E-state index contributed by atoms with van der Waals surface area (Å²) in [6, 6.07) is 0. The third-order valence-electron chi connectivity index (χ3n) is 2.26. The van der Waals surface area contributed by atoms with Gasteiger partial charge in [-0.05, 0) is 0 Å². The predicted molar refractivity (Wildman–Crippen MR) is 63.3 cm³/mol. The smallest absolute Gasteiger partial charge is 0.339 e. The van der Waals surface area contributed by atoms with Crippen LogP contribution >= 0.6 is 0 Å². The molecule has 0 aliphatic rings. The van der Waals surface area contributed by atoms with E-state index in [1.165, 1.54) is 0 Å². The van der Waals surface area contributed by atoms with Gasteiger partial charge in [-0.25, -0.2) is 4.79 Å². The van der Waals surface area contributed by atoms with Gasteiger partial charge in [-0.15, -0.1) is 0 Å². The first-order chi connectivity index (χ1) is 8.46. The Hall–Kier alpha value is -1.67. The van der Waals surface area contributed by atoms with E-state index in [-0.39, 0.29) is 6.61 Å². The highest BCUT2D eigenvalue weighted by Crippen LogP contribution is 2.18. The SMILES string of the molecule is C[N+](C)(C)CCOC(=O)C(O)(CC(=O)O)CC(=O)O. The first kappa shape index (κ1) is 17.3. The standard InChI is InChI=1S/C11H19NO7/c1-12(2,3)4-5-19-10(17)11(18,6-8(13)14)7-9(15)16/h18H,4-7H2,1-3H3,(H-,13,14,15,16)/p+1. The zero-order chi connectivity index (χ0) is 15.3. The zero-order valence-corrected chi connectivity index (χ0v) is 11.3. The number of aliphatic carboxylic acids is 2. The molecule has 0 radical (unpaired) electrons. The Morgan fingerprint density at radius 1 is 1.05 bits per heavy atom. The molecule has 0 saturated heterocycles. The summed E-state index contributed by atoms with van der Waals surface area (Å²) in [5.74, 6) is -4.19. The lowest BCUT2D eigenvalue weighted by molar-refractivity contribution is -0.870. The van der Waals surface area contributed by atoms with Crippen LogP contribution in [0.4, 0.5) is 0 Å². The van der Waals surface area contributed by atoms with Crippen LogP contribution in [0.15, 0.2) is 0 Å². The number of rotatable bonds is 8. The van der Waals surface area contributed by atoms with Gasteiger partial charge in [0.1, 0.15) is 13.2 Å². The number of likely N-dealkylation sites (N-methyl/N-ethyl adjacent to an activating group) is 1. The van der Waals surface area contributed by atoms with E-state index in [9.17, 15) is 19.5 Å². The minimum Gasteiger partial charge on any atom is -0.481 e. The van der Waals surface area contributed by atoms with E-state index in [0.717, 1.165) is 0 Å². The number of carbonyl (C=O) groups is 3. The highest BCUT2D eigenvalue weighted by Gasteiger charge is 2.42. The van der Waals surface area contributed by atoms with Crippen molar-refractivity contribution in [1.82, 2.24) is 0 Å². The summed E-state index contributed by atoms with van der Waals surface area (Å²) >= 11 is 0. The summed E-state index contributed by atoms with van der Waals surface area (Å²) in [7, 11) is 5.57. The van der Waals surface area contributed by atoms with Crippen molar-refractivity contribution in [3.63, 3.8) is 0 Å². The Bertz CT molecular complexity index is 343. The maximum absolute atomic E-state index is 11.6. The summed E-state index contributed by atoms with van der Waals surface area (Å²) < 4.78 is 5.26. The Balaban J connectivity index is 4.63. The molecule has 0 aromatic rings. The first-order valence-electron chi connectivity index (χ1n) is 5.60. The monoisotopic (exact) mass is 278 g/mol. The number of carboxylic acid groups (broad SMARTS) is 2. The van der Waals surface area contributed by atoms with Crippen molar-refractivity contribution in [2.45, 2.75) is 18.4 Å². The molecule has 0 aliphatic carbocycles. The molecule has 0 unspecified atom stereocenters. The van der Waals surface area contributed by atoms with E-state index in [1.807, 2.05) is 21.1 Å². The Kier molecular flexibility index (Phi) is 5.91. The highest BCUT2D eigenvalue weighted by atomic mass is 16.6. The molecule has 0 aromatic carbocycles. The fraction of sp³-hybridized carbons (Fsp3) is 0.727. The Morgan fingerprint density at radius 3 is 1.79 bits per heavy atom. The zero-order valence-electron chi connectivity index (χ0n) is 11.3. The number of hydrogen-bond donors (Lipinski definition) is 3. The molecule has 0 atom stereocenters. The van der Waals surface area contributed by atoms with Crippen molar-refractivity contribution in [3.8, 4) is 0 Å². The lowest BCUT2D eigenvalue weighted by atomic mass is 9.96. The van der Waals surface area contributed by atoms with Crippen LogP contribution in [-0.4, -0.2) is 77.6 Å². The van der Waals surface area contributed by atoms with Crippen molar-refractivity contribution >= 4 is 17.9 Å². The van der Waals surface area contributed by atoms with Crippen molar-refractivity contribution < 1.29 is 38.9 Å². The molecule has 8 heteroatoms. The molecule has 3 N–H and O–H groups in total. The third-order valence-corrected chi connectivity index (χ3v) is 2.26. The van der Waals surface area contributed by atoms with Gasteiger partial charge in [0.25, 0.3) is 0 Å². The normalized spacial score (nSPS) is 12.0. The number of aliphatic hydroxyl groups is 1. The minimum atomic E-state index is -2.54. The topological polar surface area (TPSA) is 121 Å². The van der Waals surface area contributed by atoms with Crippen molar-refractivity contribution in [1.29, 1.82) is 0 Å². The molecular formula is C11H20NO7+. The van der Waals surface area contributed by atoms with Crippen LogP contribution < -0.4 is 0 Å². The van der Waals surface area contributed by atoms with E-state index in [1.54, 1.807) is 0 Å². The van der Waals surface area contributed by atoms with Crippen LogP contribution in [0, 0.1) is 0 Å². The van der Waals surface area contributed by atoms with Crippen LogP contribution in [0.25, 0.3) is 0 Å². The van der Waals surface area contributed by atoms with Crippen LogP contribution in [-0.2, 0) is 19.1 Å². The highest BCUT2D eigenvalue weighted by molar-refractivity contribution is 5.89. The first-order valence-corrected chi connectivity index (χ1v) is 5.60. The predicted octanol–water partition coefficient (Wildman–Crippen LogP) is -1.08. The summed E-state index contributed by atoms with van der Waals surface area (Å²) in [6.07, 6.45) is -2.02. The summed E-state index contributed by atoms with van der Waals surface area (Å²) in [5, 5.41) is 27.0. The summed E-state index contributed by atoms with van der Waals surface area (Å²) in [6.45, 7) is 0.409. The van der Waals surface area contributed by atoms with Crippen LogP contribution in [0.2, 0.25) is 0 Å². The van der Waals surface area contributed by atoms with Crippen molar-refractivity contribution in [2.24, 2.45) is 0 Å². The van der Waals surface area contributed by atoms with E-state index in [2.05, 4.69) is 0 Å². The van der Waals surface area contributed by atoms with Gasteiger partial charge in [0, 0.05) is 0 Å². The molecule has 0 aromatic heterocycles. The number of hydrogen-bond acceptors (Lipinski definition) is 5. The van der Waals surface area contributed by atoms with Gasteiger partial charge in [0.2, 0.25) is 0 Å². The molecule has 8 nitrogen and oxygen atoms in total. The quantitative estimate of drug-likeness (QED) is 0.381. The fourth-order valence-corrected chi connectivity index (χ4v) is 1.25. The second-order valence-corrected chi connectivity index (χ2v) is 5.32. The molecule has 0 heterocycles. The molecule has 19 heavy (non-hydrogen) atoms. The molecule has 0 saturated carbocycles. The molecule has 0 amide bonds. The van der Waals surface area contributed by atoms with Crippen LogP contribution in [0.3, 0.4) is 0 Å². The largest absolute Gasteiger partial charge is 0.481 e. The number of quaternary nitrogens is 1. The molecule has 0 aliphatic heterocycles. The average Bonchev–Trinajstić information content (AvgIpc) is 2.12. The van der Waals surface area contributed by atoms with E-state index in [4.69, 9.17) is 14.9 Å². The number of esters is 1. The third kappa shape index (κ3) is 7.37.